The molecule has 0 aliphatic carbocycles. The van der Waals surface area contributed by atoms with Crippen LogP contribution in [0.5, 0.6) is 0 Å². The van der Waals surface area contributed by atoms with E-state index in [0.717, 1.165) is 6.42 Å². The molecular formula is C10H16N2O. The topological polar surface area (TPSA) is 56.0 Å². The first kappa shape index (κ1) is 11.8. The molecule has 0 bridgehead atoms. The van der Waals surface area contributed by atoms with Crippen LogP contribution in [0.1, 0.15) is 30.6 Å². The predicted octanol–water partition coefficient (Wildman–Crippen LogP) is 1.64. The highest BCUT2D eigenvalue weighted by molar-refractivity contribution is 5.95. The average molecular weight is 180 g/mol. The monoisotopic (exact) mass is 180 g/mol. The standard InChI is InChI=1S/C9H12N2O.CH4/c10-5-1-4-9(12)8-3-2-6-11-7-8;/h2-3,6-7H,1,4-5,10H2;1H4. The Bertz CT molecular complexity index is 246. The minimum Gasteiger partial charge on any atom is -0.330 e. The van der Waals surface area contributed by atoms with E-state index in [1.807, 2.05) is 0 Å². The number of hydrogen-bond donors (Lipinski definition) is 1. The second-order valence-electron chi connectivity index (χ2n) is 2.56. The van der Waals surface area contributed by atoms with E-state index in [1.54, 1.807) is 24.5 Å². The summed E-state index contributed by atoms with van der Waals surface area (Å²) in [6.07, 6.45) is 4.49. The molecule has 0 fully saturated rings. The van der Waals surface area contributed by atoms with Gasteiger partial charge in [0.2, 0.25) is 0 Å². The van der Waals surface area contributed by atoms with Gasteiger partial charge >= 0.3 is 0 Å². The third-order valence-electron chi connectivity index (χ3n) is 1.59. The minimum atomic E-state index is 0. The first-order valence-electron chi connectivity index (χ1n) is 3.98. The Morgan fingerprint density at radius 2 is 2.31 bits per heavy atom. The molecular weight excluding hydrogens is 164 g/mol. The number of rotatable bonds is 4. The molecule has 0 saturated carbocycles. The van der Waals surface area contributed by atoms with Crippen LogP contribution in [0, 0.1) is 0 Å². The normalized spacial score (nSPS) is 9.00. The van der Waals surface area contributed by atoms with Crippen LogP contribution in [0.4, 0.5) is 0 Å². The zero-order chi connectivity index (χ0) is 8.81. The van der Waals surface area contributed by atoms with Crippen molar-refractivity contribution in [2.75, 3.05) is 6.54 Å². The summed E-state index contributed by atoms with van der Waals surface area (Å²) in [5.41, 5.74) is 5.96. The van der Waals surface area contributed by atoms with Crippen molar-refractivity contribution in [3.8, 4) is 0 Å². The molecule has 0 spiro atoms. The molecule has 0 aliphatic rings. The molecule has 1 aromatic rings. The molecule has 13 heavy (non-hydrogen) atoms. The molecule has 1 aromatic heterocycles. The molecule has 0 aromatic carbocycles. The van der Waals surface area contributed by atoms with Gasteiger partial charge in [-0.15, -0.1) is 0 Å². The largest absolute Gasteiger partial charge is 0.330 e. The van der Waals surface area contributed by atoms with Gasteiger partial charge in [-0.2, -0.15) is 0 Å². The highest BCUT2D eigenvalue weighted by Gasteiger charge is 2.03. The van der Waals surface area contributed by atoms with Crippen LogP contribution in [0.3, 0.4) is 0 Å². The van der Waals surface area contributed by atoms with E-state index < -0.39 is 0 Å². The fourth-order valence-electron chi connectivity index (χ4n) is 0.935. The van der Waals surface area contributed by atoms with Crippen molar-refractivity contribution in [1.29, 1.82) is 0 Å². The van der Waals surface area contributed by atoms with Crippen LogP contribution in [0.25, 0.3) is 0 Å². The number of carbonyl (C=O) groups excluding carboxylic acids is 1. The summed E-state index contributed by atoms with van der Waals surface area (Å²) in [7, 11) is 0. The number of Topliss-reactive ketones (excluding diaryl/α,β-unsaturated/α-hetero) is 1. The molecule has 0 unspecified atom stereocenters. The van der Waals surface area contributed by atoms with Gasteiger partial charge in [0.05, 0.1) is 0 Å². The summed E-state index contributed by atoms with van der Waals surface area (Å²) in [5, 5.41) is 0. The first-order chi connectivity index (χ1) is 5.84. The van der Waals surface area contributed by atoms with Crippen molar-refractivity contribution in [3.63, 3.8) is 0 Å². The van der Waals surface area contributed by atoms with Crippen LogP contribution in [-0.4, -0.2) is 17.3 Å². The number of nitrogens with two attached hydrogens (primary N) is 1. The second kappa shape index (κ2) is 6.31. The Balaban J connectivity index is 0.00000144. The van der Waals surface area contributed by atoms with Crippen LogP contribution in [0.15, 0.2) is 24.5 Å². The highest BCUT2D eigenvalue weighted by atomic mass is 16.1. The third-order valence-corrected chi connectivity index (χ3v) is 1.59. The molecule has 72 valence electrons. The van der Waals surface area contributed by atoms with Crippen LogP contribution in [-0.2, 0) is 0 Å². The first-order valence-corrected chi connectivity index (χ1v) is 3.98. The highest BCUT2D eigenvalue weighted by Crippen LogP contribution is 2.02. The maximum absolute atomic E-state index is 11.3. The fourth-order valence-corrected chi connectivity index (χ4v) is 0.935. The minimum absolute atomic E-state index is 0. The zero-order valence-corrected chi connectivity index (χ0v) is 6.86. The smallest absolute Gasteiger partial charge is 0.164 e. The number of pyridine rings is 1. The molecule has 1 rings (SSSR count). The summed E-state index contributed by atoms with van der Waals surface area (Å²) in [4.78, 5) is 15.2. The third kappa shape index (κ3) is 3.80. The van der Waals surface area contributed by atoms with Gasteiger partial charge in [0.15, 0.2) is 5.78 Å². The molecule has 3 heteroatoms. The van der Waals surface area contributed by atoms with Gasteiger partial charge in [0.1, 0.15) is 0 Å². The fraction of sp³-hybridized carbons (Fsp3) is 0.400. The summed E-state index contributed by atoms with van der Waals surface area (Å²) in [6.45, 7) is 0.562. The summed E-state index contributed by atoms with van der Waals surface area (Å²) >= 11 is 0. The van der Waals surface area contributed by atoms with Gasteiger partial charge in [-0.3, -0.25) is 9.78 Å². The van der Waals surface area contributed by atoms with E-state index in [9.17, 15) is 4.79 Å². The lowest BCUT2D eigenvalue weighted by atomic mass is 10.1. The number of carbonyl (C=O) groups is 1. The lowest BCUT2D eigenvalue weighted by Crippen LogP contribution is -2.04. The Morgan fingerprint density at radius 3 is 2.85 bits per heavy atom. The SMILES string of the molecule is C.NCCCC(=O)c1cccnc1. The van der Waals surface area contributed by atoms with Crippen LogP contribution in [0.2, 0.25) is 0 Å². The maximum atomic E-state index is 11.3. The average Bonchev–Trinajstić information content (AvgIpc) is 2.15. The molecule has 0 atom stereocenters. The molecule has 2 N–H and O–H groups in total. The zero-order valence-electron chi connectivity index (χ0n) is 6.86. The van der Waals surface area contributed by atoms with Gasteiger partial charge in [-0.1, -0.05) is 7.43 Å². The van der Waals surface area contributed by atoms with Gasteiger partial charge in [-0.05, 0) is 25.1 Å². The number of nitrogens with zero attached hydrogens (tertiary/aromatic N) is 1. The molecule has 0 radical (unpaired) electrons. The number of ketones is 1. The van der Waals surface area contributed by atoms with E-state index in [0.29, 0.717) is 18.5 Å². The van der Waals surface area contributed by atoms with Crippen molar-refractivity contribution in [3.05, 3.63) is 30.1 Å². The van der Waals surface area contributed by atoms with Crippen molar-refractivity contribution < 1.29 is 4.79 Å². The van der Waals surface area contributed by atoms with Gasteiger partial charge in [0, 0.05) is 24.4 Å². The van der Waals surface area contributed by atoms with E-state index in [-0.39, 0.29) is 13.2 Å². The van der Waals surface area contributed by atoms with Crippen LogP contribution >= 0.6 is 0 Å². The molecule has 0 aliphatic heterocycles. The van der Waals surface area contributed by atoms with Crippen molar-refractivity contribution in [2.45, 2.75) is 20.3 Å². The van der Waals surface area contributed by atoms with E-state index in [1.165, 1.54) is 0 Å². The van der Waals surface area contributed by atoms with Crippen LogP contribution < -0.4 is 5.73 Å². The second-order valence-corrected chi connectivity index (χ2v) is 2.56. The molecule has 0 amide bonds. The molecule has 0 saturated heterocycles. The quantitative estimate of drug-likeness (QED) is 0.716. The lowest BCUT2D eigenvalue weighted by Gasteiger charge is -1.97. The maximum Gasteiger partial charge on any atom is 0.164 e. The number of aromatic nitrogens is 1. The van der Waals surface area contributed by atoms with Crippen molar-refractivity contribution in [2.24, 2.45) is 5.73 Å². The number of hydrogen-bond acceptors (Lipinski definition) is 3. The van der Waals surface area contributed by atoms with Gasteiger partial charge in [0.25, 0.3) is 0 Å². The van der Waals surface area contributed by atoms with Crippen molar-refractivity contribution in [1.82, 2.24) is 4.98 Å². The predicted molar refractivity (Wildman–Crippen MR) is 53.6 cm³/mol. The van der Waals surface area contributed by atoms with Gasteiger partial charge < -0.3 is 5.73 Å². The Morgan fingerprint density at radius 1 is 1.54 bits per heavy atom. The Hall–Kier alpha value is -1.22. The lowest BCUT2D eigenvalue weighted by molar-refractivity contribution is 0.0980. The van der Waals surface area contributed by atoms with E-state index in [2.05, 4.69) is 4.98 Å². The Kier molecular flexibility index (Phi) is 5.72. The summed E-state index contributed by atoms with van der Waals surface area (Å²) in [6, 6.07) is 3.53. The molecule has 3 nitrogen and oxygen atoms in total. The van der Waals surface area contributed by atoms with Crippen molar-refractivity contribution >= 4 is 5.78 Å². The summed E-state index contributed by atoms with van der Waals surface area (Å²) in [5.74, 6) is 0.119. The summed E-state index contributed by atoms with van der Waals surface area (Å²) < 4.78 is 0. The molecule has 1 heterocycles. The Labute approximate surface area is 79.0 Å². The van der Waals surface area contributed by atoms with E-state index in [4.69, 9.17) is 5.73 Å². The van der Waals surface area contributed by atoms with E-state index >= 15 is 0 Å². The van der Waals surface area contributed by atoms with Gasteiger partial charge in [-0.25, -0.2) is 0 Å².